The molecule has 6 rings (SSSR count). The molecule has 168 valence electrons. The van der Waals surface area contributed by atoms with Crippen LogP contribution in [0.1, 0.15) is 64.1 Å². The normalized spacial score (nSPS) is 38.7. The topological polar surface area (TPSA) is 67.5 Å². The van der Waals surface area contributed by atoms with E-state index in [1.807, 2.05) is 6.08 Å². The van der Waals surface area contributed by atoms with E-state index in [9.17, 15) is 19.1 Å². The molecule has 3 saturated carbocycles. The molecule has 0 spiro atoms. The predicted molar refractivity (Wildman–Crippen MR) is 118 cm³/mol. The van der Waals surface area contributed by atoms with Gasteiger partial charge in [0.25, 0.3) is 0 Å². The van der Waals surface area contributed by atoms with Crippen molar-refractivity contribution >= 4 is 16.6 Å². The first-order valence-corrected chi connectivity index (χ1v) is 12.0. The van der Waals surface area contributed by atoms with E-state index in [-0.39, 0.29) is 11.5 Å². The first kappa shape index (κ1) is 20.3. The molecular weight excluding hydrogens is 407 g/mol. The summed E-state index contributed by atoms with van der Waals surface area (Å²) in [5.41, 5.74) is -0.800. The van der Waals surface area contributed by atoms with Crippen LogP contribution in [0, 0.1) is 34.9 Å². The van der Waals surface area contributed by atoms with E-state index in [1.165, 1.54) is 23.8 Å². The summed E-state index contributed by atoms with van der Waals surface area (Å²) in [6.07, 6.45) is 8.88. The summed E-state index contributed by atoms with van der Waals surface area (Å²) < 4.78 is 19.5. The van der Waals surface area contributed by atoms with Crippen LogP contribution in [0.5, 0.6) is 0 Å². The maximum Gasteiger partial charge on any atom is 0.343 e. The summed E-state index contributed by atoms with van der Waals surface area (Å²) in [5, 5.41) is 12.9. The third-order valence-corrected chi connectivity index (χ3v) is 9.58. The van der Waals surface area contributed by atoms with Crippen molar-refractivity contribution in [2.24, 2.45) is 29.1 Å². The van der Waals surface area contributed by atoms with Gasteiger partial charge in [0.2, 0.25) is 0 Å². The molecule has 0 bridgehead atoms. The van der Waals surface area contributed by atoms with Gasteiger partial charge in [-0.2, -0.15) is 0 Å². The van der Waals surface area contributed by atoms with Crippen LogP contribution in [0.3, 0.4) is 0 Å². The lowest BCUT2D eigenvalue weighted by molar-refractivity contribution is -0.134. The van der Waals surface area contributed by atoms with Crippen molar-refractivity contribution in [3.8, 4) is 0 Å². The Balaban J connectivity index is 1.38. The fourth-order valence-electron chi connectivity index (χ4n) is 7.97. The summed E-state index contributed by atoms with van der Waals surface area (Å²) in [6.45, 7) is 2.16. The predicted octanol–water partition coefficient (Wildman–Crippen LogP) is 5.26. The second kappa shape index (κ2) is 6.86. The minimum Gasteiger partial charge on any atom is -0.424 e. The molecule has 32 heavy (non-hydrogen) atoms. The van der Waals surface area contributed by atoms with Crippen molar-refractivity contribution < 1.29 is 18.7 Å². The Kier molecular flexibility index (Phi) is 4.36. The van der Waals surface area contributed by atoms with Gasteiger partial charge in [-0.3, -0.25) is 4.79 Å². The van der Waals surface area contributed by atoms with Crippen LogP contribution in [-0.2, 0) is 10.4 Å². The standard InChI is InChI=1S/C27H29FO4/c1-26-10-8-21-19-7-4-18(29)13-15(19)2-5-22(21)23(26)9-11-27(26,31)24-14-16-12-17(28)3-6-20(16)25(30)32-24/h3,6,12-14,19,21-23,31H,2,4-5,7-11H2,1H3/t19-,21+,22+,23-,26-,27+/m0/s1. The summed E-state index contributed by atoms with van der Waals surface area (Å²) >= 11 is 0. The number of fused-ring (bicyclic) bond motifs is 6. The second-order valence-corrected chi connectivity index (χ2v) is 10.8. The quantitative estimate of drug-likeness (QED) is 0.662. The average molecular weight is 437 g/mol. The monoisotopic (exact) mass is 436 g/mol. The molecule has 0 saturated heterocycles. The molecule has 6 atom stereocenters. The highest BCUT2D eigenvalue weighted by Gasteiger charge is 2.64. The zero-order chi connectivity index (χ0) is 22.3. The molecule has 4 nitrogen and oxygen atoms in total. The van der Waals surface area contributed by atoms with Crippen molar-refractivity contribution in [1.29, 1.82) is 0 Å². The summed E-state index contributed by atoms with van der Waals surface area (Å²) in [5.74, 6) is 2.08. The van der Waals surface area contributed by atoms with Gasteiger partial charge in [0.1, 0.15) is 17.2 Å². The highest BCUT2D eigenvalue weighted by molar-refractivity contribution is 5.91. The molecule has 3 fully saturated rings. The first-order chi connectivity index (χ1) is 15.3. The van der Waals surface area contributed by atoms with E-state index < -0.39 is 22.5 Å². The number of rotatable bonds is 1. The van der Waals surface area contributed by atoms with Gasteiger partial charge < -0.3 is 9.52 Å². The Labute approximate surface area is 186 Å². The van der Waals surface area contributed by atoms with Crippen LogP contribution in [0.25, 0.3) is 10.8 Å². The largest absolute Gasteiger partial charge is 0.424 e. The number of carbonyl (C=O) groups is 1. The number of hydrogen-bond donors (Lipinski definition) is 1. The van der Waals surface area contributed by atoms with E-state index in [0.29, 0.717) is 47.3 Å². The molecule has 1 aromatic heterocycles. The van der Waals surface area contributed by atoms with Crippen molar-refractivity contribution in [3.05, 3.63) is 57.9 Å². The lowest BCUT2D eigenvalue weighted by Crippen LogP contribution is -2.51. The Morgan fingerprint density at radius 2 is 1.88 bits per heavy atom. The minimum absolute atomic E-state index is 0.272. The maximum absolute atomic E-state index is 13.8. The molecule has 4 aliphatic rings. The Hall–Kier alpha value is -2.27. The van der Waals surface area contributed by atoms with Gasteiger partial charge in [-0.1, -0.05) is 12.5 Å². The van der Waals surface area contributed by atoms with Crippen LogP contribution in [0.15, 0.2) is 45.1 Å². The minimum atomic E-state index is -1.24. The molecule has 1 N–H and O–H groups in total. The molecule has 2 aromatic rings. The van der Waals surface area contributed by atoms with Gasteiger partial charge in [-0.05, 0) is 104 Å². The summed E-state index contributed by atoms with van der Waals surface area (Å²) in [4.78, 5) is 24.6. The molecule has 0 radical (unpaired) electrons. The smallest absolute Gasteiger partial charge is 0.343 e. The van der Waals surface area contributed by atoms with Crippen LogP contribution in [-0.4, -0.2) is 10.9 Å². The van der Waals surface area contributed by atoms with Crippen LogP contribution >= 0.6 is 0 Å². The number of halogens is 1. The number of allylic oxidation sites excluding steroid dienone is 1. The van der Waals surface area contributed by atoms with Gasteiger partial charge in [-0.25, -0.2) is 9.18 Å². The van der Waals surface area contributed by atoms with E-state index in [4.69, 9.17) is 4.42 Å². The molecule has 4 aliphatic carbocycles. The lowest BCUT2D eigenvalue weighted by Gasteiger charge is -2.55. The molecule has 1 heterocycles. The maximum atomic E-state index is 13.8. The van der Waals surface area contributed by atoms with Crippen molar-refractivity contribution in [3.63, 3.8) is 0 Å². The first-order valence-electron chi connectivity index (χ1n) is 12.0. The van der Waals surface area contributed by atoms with Crippen LogP contribution < -0.4 is 5.63 Å². The molecule has 5 heteroatoms. The number of carbonyl (C=O) groups excluding carboxylic acids is 1. The van der Waals surface area contributed by atoms with E-state index in [0.717, 1.165) is 38.5 Å². The van der Waals surface area contributed by atoms with Crippen LogP contribution in [0.4, 0.5) is 4.39 Å². The molecule has 0 aliphatic heterocycles. The van der Waals surface area contributed by atoms with Gasteiger partial charge in [0.15, 0.2) is 5.78 Å². The van der Waals surface area contributed by atoms with Gasteiger partial charge in [0.05, 0.1) is 5.39 Å². The Morgan fingerprint density at radius 1 is 1.03 bits per heavy atom. The second-order valence-electron chi connectivity index (χ2n) is 10.8. The van der Waals surface area contributed by atoms with Crippen LogP contribution in [0.2, 0.25) is 0 Å². The number of hydrogen-bond acceptors (Lipinski definition) is 4. The lowest BCUT2D eigenvalue weighted by atomic mass is 9.50. The van der Waals surface area contributed by atoms with Gasteiger partial charge >= 0.3 is 5.63 Å². The molecule has 0 unspecified atom stereocenters. The van der Waals surface area contributed by atoms with E-state index in [1.54, 1.807) is 6.07 Å². The van der Waals surface area contributed by atoms with Gasteiger partial charge in [-0.15, -0.1) is 0 Å². The number of aliphatic hydroxyl groups is 1. The third kappa shape index (κ3) is 2.70. The SMILES string of the molecule is C[C@]12CC[C@H]3[C@@H](CCC4=CC(=O)CC[C@@H]43)[C@@H]1CC[C@@]2(O)c1cc2cc(F)ccc2c(=O)o1. The zero-order valence-corrected chi connectivity index (χ0v) is 18.4. The van der Waals surface area contributed by atoms with E-state index >= 15 is 0 Å². The highest BCUT2D eigenvalue weighted by Crippen LogP contribution is 2.67. The summed E-state index contributed by atoms with van der Waals surface area (Å²) in [7, 11) is 0. The summed E-state index contributed by atoms with van der Waals surface area (Å²) in [6, 6.07) is 5.71. The Morgan fingerprint density at radius 3 is 2.72 bits per heavy atom. The van der Waals surface area contributed by atoms with E-state index in [2.05, 4.69) is 6.92 Å². The Bertz CT molecular complexity index is 1210. The van der Waals surface area contributed by atoms with Crippen molar-refractivity contribution in [1.82, 2.24) is 0 Å². The fraction of sp³-hybridized carbons (Fsp3) is 0.556. The average Bonchev–Trinajstić information content (AvgIpc) is 3.05. The van der Waals surface area contributed by atoms with Crippen molar-refractivity contribution in [2.45, 2.75) is 63.9 Å². The van der Waals surface area contributed by atoms with Crippen molar-refractivity contribution in [2.75, 3.05) is 0 Å². The molecule has 0 amide bonds. The number of ketones is 1. The highest BCUT2D eigenvalue weighted by atomic mass is 19.1. The zero-order valence-electron chi connectivity index (χ0n) is 18.4. The number of benzene rings is 1. The van der Waals surface area contributed by atoms with Gasteiger partial charge in [0, 0.05) is 11.8 Å². The molecule has 1 aromatic carbocycles. The molecular formula is C27H29FO4. The fourth-order valence-corrected chi connectivity index (χ4v) is 7.97. The third-order valence-electron chi connectivity index (χ3n) is 9.58.